The molecular weight excluding hydrogens is 240 g/mol. The second kappa shape index (κ2) is 6.38. The Kier molecular flexibility index (Phi) is 4.57. The summed E-state index contributed by atoms with van der Waals surface area (Å²) < 4.78 is 0. The second-order valence-corrected chi connectivity index (χ2v) is 5.44. The van der Waals surface area contributed by atoms with Gasteiger partial charge in [-0.15, -0.1) is 0 Å². The molecule has 0 amide bonds. The summed E-state index contributed by atoms with van der Waals surface area (Å²) in [6.07, 6.45) is 1.91. The van der Waals surface area contributed by atoms with Crippen LogP contribution in [-0.2, 0) is 0 Å². The average Bonchev–Trinajstić information content (AvgIpc) is 2.46. The van der Waals surface area contributed by atoms with Gasteiger partial charge < -0.3 is 0 Å². The third kappa shape index (κ3) is 3.71. The Morgan fingerprint density at radius 1 is 0.650 bits per heavy atom. The molecule has 0 radical (unpaired) electrons. The van der Waals surface area contributed by atoms with Crippen molar-refractivity contribution in [3.63, 3.8) is 0 Å². The molecule has 0 atom stereocenters. The zero-order valence-corrected chi connectivity index (χ0v) is 12.4. The van der Waals surface area contributed by atoms with E-state index in [4.69, 9.17) is 0 Å². The van der Waals surface area contributed by atoms with Crippen LogP contribution >= 0.6 is 0 Å². The van der Waals surface area contributed by atoms with Gasteiger partial charge >= 0.3 is 0 Å². The average molecular weight is 262 g/mol. The minimum atomic E-state index is 0.954. The highest BCUT2D eigenvalue weighted by atomic mass is 14.1. The Morgan fingerprint density at radius 3 is 1.25 bits per heavy atom. The molecule has 20 heavy (non-hydrogen) atoms. The largest absolute Gasteiger partial charge is 0.0952 e. The molecule has 2 aromatic carbocycles. The molecule has 0 spiro atoms. The summed E-state index contributed by atoms with van der Waals surface area (Å²) in [6.45, 7) is 12.6. The third-order valence-corrected chi connectivity index (χ3v) is 3.65. The number of rotatable bonds is 5. The van der Waals surface area contributed by atoms with Gasteiger partial charge in [0.05, 0.1) is 0 Å². The molecule has 0 fully saturated rings. The molecule has 0 heteroatoms. The van der Waals surface area contributed by atoms with E-state index in [2.05, 4.69) is 75.5 Å². The lowest BCUT2D eigenvalue weighted by Gasteiger charge is -2.09. The zero-order chi connectivity index (χ0) is 14.5. The second-order valence-electron chi connectivity index (χ2n) is 5.44. The quantitative estimate of drug-likeness (QED) is 0.637. The molecule has 0 aliphatic carbocycles. The van der Waals surface area contributed by atoms with Crippen LogP contribution in [0.5, 0.6) is 0 Å². The monoisotopic (exact) mass is 262 g/mol. The van der Waals surface area contributed by atoms with Crippen LogP contribution in [0.3, 0.4) is 0 Å². The number of hydrogen-bond donors (Lipinski definition) is 0. The Hall–Kier alpha value is -2.08. The minimum Gasteiger partial charge on any atom is -0.0952 e. The van der Waals surface area contributed by atoms with Crippen LogP contribution in [-0.4, -0.2) is 0 Å². The highest BCUT2D eigenvalue weighted by Crippen LogP contribution is 2.24. The third-order valence-electron chi connectivity index (χ3n) is 3.65. The van der Waals surface area contributed by atoms with Gasteiger partial charge in [-0.3, -0.25) is 0 Å². The predicted octanol–water partition coefficient (Wildman–Crippen LogP) is 5.81. The number of hydrogen-bond acceptors (Lipinski definition) is 0. The first-order chi connectivity index (χ1) is 9.56. The maximum Gasteiger partial charge on any atom is -0.0230 e. The molecule has 0 bridgehead atoms. The van der Waals surface area contributed by atoms with Gasteiger partial charge in [0.1, 0.15) is 0 Å². The normalized spacial score (nSPS) is 10.3. The van der Waals surface area contributed by atoms with Gasteiger partial charge in [0.2, 0.25) is 0 Å². The topological polar surface area (TPSA) is 0 Å². The van der Waals surface area contributed by atoms with Gasteiger partial charge in [0, 0.05) is 0 Å². The fourth-order valence-electron chi connectivity index (χ4n) is 2.17. The first kappa shape index (κ1) is 14.3. The molecule has 0 N–H and O–H groups in total. The number of benzene rings is 2. The van der Waals surface area contributed by atoms with Gasteiger partial charge in [-0.2, -0.15) is 0 Å². The van der Waals surface area contributed by atoms with E-state index in [-0.39, 0.29) is 0 Å². The van der Waals surface area contributed by atoms with E-state index in [0.717, 1.165) is 12.8 Å². The Balaban J connectivity index is 1.94. The van der Waals surface area contributed by atoms with Crippen LogP contribution in [0.4, 0.5) is 0 Å². The van der Waals surface area contributed by atoms with E-state index in [1.54, 1.807) is 0 Å². The van der Waals surface area contributed by atoms with Crippen LogP contribution in [0.2, 0.25) is 0 Å². The highest BCUT2D eigenvalue weighted by Gasteiger charge is 2.03. The van der Waals surface area contributed by atoms with E-state index in [9.17, 15) is 0 Å². The van der Waals surface area contributed by atoms with Crippen LogP contribution in [0.15, 0.2) is 61.7 Å². The van der Waals surface area contributed by atoms with E-state index >= 15 is 0 Å². The van der Waals surface area contributed by atoms with Crippen molar-refractivity contribution in [2.45, 2.75) is 26.7 Å². The van der Waals surface area contributed by atoms with Crippen molar-refractivity contribution < 1.29 is 0 Å². The van der Waals surface area contributed by atoms with Crippen molar-refractivity contribution in [2.75, 3.05) is 0 Å². The Labute approximate surface area is 122 Å². The molecule has 0 saturated heterocycles. The molecular formula is C20H22. The van der Waals surface area contributed by atoms with E-state index < -0.39 is 0 Å². The van der Waals surface area contributed by atoms with E-state index in [1.807, 2.05) is 0 Å². The summed E-state index contributed by atoms with van der Waals surface area (Å²) in [4.78, 5) is 0. The van der Waals surface area contributed by atoms with E-state index in [0.29, 0.717) is 0 Å². The molecule has 102 valence electrons. The fraction of sp³-hybridized carbons (Fsp3) is 0.200. The lowest BCUT2D eigenvalue weighted by molar-refractivity contribution is 1.09. The first-order valence-corrected chi connectivity index (χ1v) is 7.06. The van der Waals surface area contributed by atoms with Crippen molar-refractivity contribution in [3.05, 3.63) is 83.9 Å². The van der Waals surface area contributed by atoms with Crippen molar-refractivity contribution in [1.29, 1.82) is 0 Å². The molecule has 0 unspecified atom stereocenters. The summed E-state index contributed by atoms with van der Waals surface area (Å²) in [5, 5.41) is 0. The van der Waals surface area contributed by atoms with Gasteiger partial charge in [-0.1, -0.05) is 72.8 Å². The molecule has 0 saturated carbocycles. The summed E-state index contributed by atoms with van der Waals surface area (Å²) in [5.41, 5.74) is 7.38. The van der Waals surface area contributed by atoms with Crippen molar-refractivity contribution in [3.8, 4) is 0 Å². The van der Waals surface area contributed by atoms with Crippen molar-refractivity contribution in [1.82, 2.24) is 0 Å². The van der Waals surface area contributed by atoms with Crippen LogP contribution < -0.4 is 0 Å². The molecule has 0 aliphatic rings. The Bertz CT molecular complexity index is 540. The van der Waals surface area contributed by atoms with Gasteiger partial charge in [-0.25, -0.2) is 0 Å². The maximum absolute atomic E-state index is 4.19. The van der Waals surface area contributed by atoms with E-state index in [1.165, 1.54) is 33.4 Å². The van der Waals surface area contributed by atoms with Gasteiger partial charge in [-0.05, 0) is 49.0 Å². The van der Waals surface area contributed by atoms with Gasteiger partial charge in [0.15, 0.2) is 0 Å². The molecule has 0 aliphatic heterocycles. The minimum absolute atomic E-state index is 0.954. The SMILES string of the molecule is C=C(CCC(=C)c1ccc(C)cc1)c1ccc(C)cc1. The Morgan fingerprint density at radius 2 is 0.950 bits per heavy atom. The summed E-state index contributed by atoms with van der Waals surface area (Å²) in [7, 11) is 0. The van der Waals surface area contributed by atoms with Gasteiger partial charge in [0.25, 0.3) is 0 Å². The van der Waals surface area contributed by atoms with Crippen LogP contribution in [0, 0.1) is 13.8 Å². The van der Waals surface area contributed by atoms with Crippen LogP contribution in [0.25, 0.3) is 11.1 Å². The molecule has 2 rings (SSSR count). The zero-order valence-electron chi connectivity index (χ0n) is 12.4. The lowest BCUT2D eigenvalue weighted by Crippen LogP contribution is -1.87. The summed E-state index contributed by atoms with van der Waals surface area (Å²) in [5.74, 6) is 0. The number of aryl methyl sites for hydroxylation is 2. The maximum atomic E-state index is 4.19. The summed E-state index contributed by atoms with van der Waals surface area (Å²) >= 11 is 0. The smallest absolute Gasteiger partial charge is 0.0230 e. The number of allylic oxidation sites excluding steroid dienone is 2. The molecule has 0 aromatic heterocycles. The van der Waals surface area contributed by atoms with Crippen molar-refractivity contribution in [2.24, 2.45) is 0 Å². The fourth-order valence-corrected chi connectivity index (χ4v) is 2.17. The highest BCUT2D eigenvalue weighted by molar-refractivity contribution is 5.69. The lowest BCUT2D eigenvalue weighted by atomic mass is 9.96. The molecule has 0 nitrogen and oxygen atoms in total. The summed E-state index contributed by atoms with van der Waals surface area (Å²) in [6, 6.07) is 17.1. The first-order valence-electron chi connectivity index (χ1n) is 7.06. The van der Waals surface area contributed by atoms with Crippen molar-refractivity contribution >= 4 is 11.1 Å². The molecule has 2 aromatic rings. The van der Waals surface area contributed by atoms with Crippen LogP contribution in [0.1, 0.15) is 35.1 Å². The predicted molar refractivity (Wildman–Crippen MR) is 89.7 cm³/mol. The molecule has 0 heterocycles. The standard InChI is InChI=1S/C20H22/c1-15-5-11-19(12-6-15)17(3)9-10-18(4)20-13-7-16(2)8-14-20/h5-8,11-14H,3-4,9-10H2,1-2H3.